The minimum atomic E-state index is -0.176. The zero-order valence-corrected chi connectivity index (χ0v) is 17.5. The molecule has 9 heteroatoms. The minimum absolute atomic E-state index is 0.0120. The van der Waals surface area contributed by atoms with Crippen LogP contribution in [-0.2, 0) is 14.3 Å². The Bertz CT molecular complexity index is 717. The fourth-order valence-corrected chi connectivity index (χ4v) is 4.16. The normalized spacial score (nSPS) is 23.8. The first kappa shape index (κ1) is 21.5. The molecule has 1 aromatic carbocycles. The van der Waals surface area contributed by atoms with Gasteiger partial charge in [0.2, 0.25) is 11.8 Å². The number of carbonyl (C=O) groups excluding carboxylic acids is 2. The van der Waals surface area contributed by atoms with E-state index < -0.39 is 0 Å². The molecule has 0 unspecified atom stereocenters. The number of hydrogen-bond acceptors (Lipinski definition) is 5. The van der Waals surface area contributed by atoms with Gasteiger partial charge in [-0.05, 0) is 37.2 Å². The lowest BCUT2D eigenvalue weighted by Crippen LogP contribution is -2.58. The Morgan fingerprint density at radius 1 is 1.34 bits per heavy atom. The Morgan fingerprint density at radius 3 is 2.90 bits per heavy atom. The van der Waals surface area contributed by atoms with Crippen molar-refractivity contribution in [3.8, 4) is 0 Å². The molecule has 8 nitrogen and oxygen atoms in total. The summed E-state index contributed by atoms with van der Waals surface area (Å²) in [6.07, 6.45) is 1.80. The zero-order valence-electron chi connectivity index (χ0n) is 16.6. The van der Waals surface area contributed by atoms with Gasteiger partial charge in [0.15, 0.2) is 5.11 Å². The molecule has 158 valence electrons. The second kappa shape index (κ2) is 10.5. The summed E-state index contributed by atoms with van der Waals surface area (Å²) in [6, 6.07) is 9.51. The summed E-state index contributed by atoms with van der Waals surface area (Å²) in [5.41, 5.74) is 0.798. The second-order valence-electron chi connectivity index (χ2n) is 7.39. The minimum Gasteiger partial charge on any atom is -0.383 e. The fourth-order valence-electron chi connectivity index (χ4n) is 3.89. The molecule has 1 aromatic rings. The maximum atomic E-state index is 12.3. The van der Waals surface area contributed by atoms with Crippen LogP contribution in [0.4, 0.5) is 5.69 Å². The maximum Gasteiger partial charge on any atom is 0.237 e. The summed E-state index contributed by atoms with van der Waals surface area (Å²) in [5.74, 6) is 0.0413. The Morgan fingerprint density at radius 2 is 2.14 bits per heavy atom. The van der Waals surface area contributed by atoms with E-state index in [9.17, 15) is 9.59 Å². The van der Waals surface area contributed by atoms with E-state index in [0.29, 0.717) is 44.1 Å². The highest BCUT2D eigenvalue weighted by Crippen LogP contribution is 2.26. The molecule has 2 fully saturated rings. The molecule has 0 bridgehead atoms. The van der Waals surface area contributed by atoms with Crippen molar-refractivity contribution >= 4 is 34.8 Å². The van der Waals surface area contributed by atoms with E-state index in [1.165, 1.54) is 0 Å². The molecule has 4 N–H and O–H groups in total. The van der Waals surface area contributed by atoms with Crippen molar-refractivity contribution in [3.63, 3.8) is 0 Å². The summed E-state index contributed by atoms with van der Waals surface area (Å²) in [4.78, 5) is 26.8. The van der Waals surface area contributed by atoms with E-state index in [0.717, 1.165) is 12.2 Å². The first-order valence-corrected chi connectivity index (χ1v) is 10.4. The molecule has 2 heterocycles. The number of carbonyl (C=O) groups is 2. The monoisotopic (exact) mass is 419 g/mol. The Balaban J connectivity index is 1.48. The SMILES string of the molecule is COCCNC(=S)N[C@H]1C[C@H]2C(=O)NC[C@@H](CCC(=O)Nc3ccccc3)N2C1. The van der Waals surface area contributed by atoms with E-state index in [2.05, 4.69) is 26.2 Å². The number of rotatable bonds is 8. The molecule has 0 aromatic heterocycles. The molecule has 2 amide bonds. The molecule has 29 heavy (non-hydrogen) atoms. The van der Waals surface area contributed by atoms with Crippen molar-refractivity contribution in [3.05, 3.63) is 30.3 Å². The van der Waals surface area contributed by atoms with Gasteiger partial charge in [0.25, 0.3) is 0 Å². The molecular weight excluding hydrogens is 390 g/mol. The molecule has 3 atom stereocenters. The number of amides is 2. The van der Waals surface area contributed by atoms with E-state index in [1.54, 1.807) is 7.11 Å². The van der Waals surface area contributed by atoms with Gasteiger partial charge in [0.1, 0.15) is 0 Å². The van der Waals surface area contributed by atoms with Gasteiger partial charge in [-0.2, -0.15) is 0 Å². The van der Waals surface area contributed by atoms with Crippen LogP contribution in [0, 0.1) is 0 Å². The number of anilines is 1. The number of nitrogens with zero attached hydrogens (tertiary/aromatic N) is 1. The number of fused-ring (bicyclic) bond motifs is 1. The highest BCUT2D eigenvalue weighted by Gasteiger charge is 2.43. The Labute approximate surface area is 176 Å². The predicted molar refractivity (Wildman–Crippen MR) is 116 cm³/mol. The number of benzene rings is 1. The van der Waals surface area contributed by atoms with E-state index in [-0.39, 0.29) is 29.9 Å². The molecule has 0 saturated carbocycles. The summed E-state index contributed by atoms with van der Waals surface area (Å²) in [5, 5.41) is 12.9. The molecule has 2 aliphatic heterocycles. The molecule has 0 spiro atoms. The number of para-hydroxylation sites is 1. The van der Waals surface area contributed by atoms with Gasteiger partial charge in [0.05, 0.1) is 12.6 Å². The molecule has 0 aliphatic carbocycles. The number of piperazine rings is 1. The van der Waals surface area contributed by atoms with Gasteiger partial charge in [-0.25, -0.2) is 0 Å². The van der Waals surface area contributed by atoms with E-state index >= 15 is 0 Å². The van der Waals surface area contributed by atoms with Gasteiger partial charge >= 0.3 is 0 Å². The average Bonchev–Trinajstić information content (AvgIpc) is 3.13. The van der Waals surface area contributed by atoms with Crippen LogP contribution >= 0.6 is 12.2 Å². The number of thiocarbonyl (C=S) groups is 1. The summed E-state index contributed by atoms with van der Waals surface area (Å²) >= 11 is 5.33. The summed E-state index contributed by atoms with van der Waals surface area (Å²) in [7, 11) is 1.64. The number of hydrogen-bond donors (Lipinski definition) is 4. The van der Waals surface area contributed by atoms with Crippen LogP contribution in [0.5, 0.6) is 0 Å². The quantitative estimate of drug-likeness (QED) is 0.359. The van der Waals surface area contributed by atoms with E-state index in [4.69, 9.17) is 17.0 Å². The second-order valence-corrected chi connectivity index (χ2v) is 7.80. The lowest BCUT2D eigenvalue weighted by atomic mass is 10.0. The first-order chi connectivity index (χ1) is 14.1. The topological polar surface area (TPSA) is 94.7 Å². The highest BCUT2D eigenvalue weighted by molar-refractivity contribution is 7.80. The van der Waals surface area contributed by atoms with Gasteiger partial charge in [-0.3, -0.25) is 14.5 Å². The number of ether oxygens (including phenoxy) is 1. The van der Waals surface area contributed by atoms with Crippen molar-refractivity contribution in [2.75, 3.05) is 38.7 Å². The van der Waals surface area contributed by atoms with Crippen LogP contribution in [0.3, 0.4) is 0 Å². The van der Waals surface area contributed by atoms with Crippen molar-refractivity contribution in [2.24, 2.45) is 0 Å². The van der Waals surface area contributed by atoms with Crippen LogP contribution in [0.25, 0.3) is 0 Å². The number of methoxy groups -OCH3 is 1. The smallest absolute Gasteiger partial charge is 0.237 e. The van der Waals surface area contributed by atoms with Crippen LogP contribution < -0.4 is 21.3 Å². The molecular formula is C20H29N5O3S. The molecule has 3 rings (SSSR count). The lowest BCUT2D eigenvalue weighted by molar-refractivity contribution is -0.129. The van der Waals surface area contributed by atoms with Crippen LogP contribution in [0.1, 0.15) is 19.3 Å². The average molecular weight is 420 g/mol. The maximum absolute atomic E-state index is 12.3. The number of nitrogens with one attached hydrogen (secondary N) is 4. The van der Waals surface area contributed by atoms with Gasteiger partial charge in [0, 0.05) is 50.9 Å². The Kier molecular flexibility index (Phi) is 7.79. The highest BCUT2D eigenvalue weighted by atomic mass is 32.1. The van der Waals surface area contributed by atoms with Gasteiger partial charge in [-0.15, -0.1) is 0 Å². The van der Waals surface area contributed by atoms with E-state index in [1.807, 2.05) is 30.3 Å². The Hall–Kier alpha value is -2.23. The summed E-state index contributed by atoms with van der Waals surface area (Å²) in [6.45, 7) is 2.52. The third-order valence-electron chi connectivity index (χ3n) is 5.31. The molecule has 2 aliphatic rings. The van der Waals surface area contributed by atoms with Crippen molar-refractivity contribution in [2.45, 2.75) is 37.4 Å². The van der Waals surface area contributed by atoms with Crippen LogP contribution in [0.2, 0.25) is 0 Å². The van der Waals surface area contributed by atoms with Crippen LogP contribution in [0.15, 0.2) is 30.3 Å². The summed E-state index contributed by atoms with van der Waals surface area (Å²) < 4.78 is 5.01. The van der Waals surface area contributed by atoms with Crippen molar-refractivity contribution < 1.29 is 14.3 Å². The first-order valence-electron chi connectivity index (χ1n) is 9.98. The van der Waals surface area contributed by atoms with Gasteiger partial charge in [-0.1, -0.05) is 18.2 Å². The zero-order chi connectivity index (χ0) is 20.6. The van der Waals surface area contributed by atoms with Gasteiger partial charge < -0.3 is 26.0 Å². The predicted octanol–water partition coefficient (Wildman–Crippen LogP) is 0.457. The van der Waals surface area contributed by atoms with Crippen molar-refractivity contribution in [1.82, 2.24) is 20.9 Å². The third-order valence-corrected chi connectivity index (χ3v) is 5.57. The molecule has 0 radical (unpaired) electrons. The molecule has 2 saturated heterocycles. The fraction of sp³-hybridized carbons (Fsp3) is 0.550. The standard InChI is InChI=1S/C20H29N5O3S/c1-28-10-9-21-20(29)24-15-11-17-19(27)22-12-16(25(17)13-15)7-8-18(26)23-14-5-3-2-4-6-14/h2-6,15-17H,7-13H2,1H3,(H,22,27)(H,23,26)(H2,21,24,29)/t15-,16+,17-/m0/s1. The largest absolute Gasteiger partial charge is 0.383 e. The van der Waals surface area contributed by atoms with Crippen LogP contribution in [-0.4, -0.2) is 73.3 Å². The third kappa shape index (κ3) is 6.12. The lowest BCUT2D eigenvalue weighted by Gasteiger charge is -2.37. The van der Waals surface area contributed by atoms with Crippen molar-refractivity contribution in [1.29, 1.82) is 0 Å².